The van der Waals surface area contributed by atoms with E-state index >= 15 is 0 Å². The molecule has 0 aliphatic carbocycles. The van der Waals surface area contributed by atoms with Gasteiger partial charge in [0.15, 0.2) is 0 Å². The Kier molecular flexibility index (Phi) is 4.67. The summed E-state index contributed by atoms with van der Waals surface area (Å²) in [6, 6.07) is 0.884. The van der Waals surface area contributed by atoms with Gasteiger partial charge < -0.3 is 16.2 Å². The van der Waals surface area contributed by atoms with Gasteiger partial charge in [-0.1, -0.05) is 6.07 Å². The molecule has 5 heteroatoms. The number of carbonyl (C=O) groups excluding carboxylic acids is 1. The zero-order valence-corrected chi connectivity index (χ0v) is 11.7. The molecule has 1 aromatic rings. The maximum absolute atomic E-state index is 11.8. The minimum absolute atomic E-state index is 0.235. The van der Waals surface area contributed by atoms with Gasteiger partial charge in [0.25, 0.3) is 0 Å². The first-order valence-corrected chi connectivity index (χ1v) is 6.09. The van der Waals surface area contributed by atoms with Crippen LogP contribution in [0, 0.1) is 27.7 Å². The highest BCUT2D eigenvalue weighted by Gasteiger charge is 2.18. The van der Waals surface area contributed by atoms with Gasteiger partial charge in [-0.25, -0.2) is 0 Å². The molecule has 1 rings (SSSR count). The van der Waals surface area contributed by atoms with E-state index in [0.29, 0.717) is 0 Å². The highest BCUT2D eigenvalue weighted by Crippen LogP contribution is 2.26. The van der Waals surface area contributed by atoms with Crippen molar-refractivity contribution in [3.8, 4) is 0 Å². The van der Waals surface area contributed by atoms with Crippen LogP contribution in [-0.4, -0.2) is 23.0 Å². The highest BCUT2D eigenvalue weighted by atomic mass is 16.4. The molecule has 0 aliphatic heterocycles. The largest absolute Gasteiger partial charge is 0.480 e. The molecule has 1 unspecified atom stereocenters. The van der Waals surface area contributed by atoms with E-state index in [1.807, 2.05) is 27.7 Å². The normalized spacial score (nSPS) is 12.1. The van der Waals surface area contributed by atoms with Gasteiger partial charge in [-0.05, 0) is 49.9 Å². The molecule has 104 valence electrons. The van der Waals surface area contributed by atoms with Crippen molar-refractivity contribution in [3.63, 3.8) is 0 Å². The van der Waals surface area contributed by atoms with Crippen LogP contribution in [0.25, 0.3) is 0 Å². The summed E-state index contributed by atoms with van der Waals surface area (Å²) in [4.78, 5) is 22.4. The van der Waals surface area contributed by atoms with Crippen molar-refractivity contribution in [1.29, 1.82) is 0 Å². The molecule has 1 amide bonds. The van der Waals surface area contributed by atoms with Crippen molar-refractivity contribution in [2.75, 3.05) is 5.32 Å². The van der Waals surface area contributed by atoms with E-state index < -0.39 is 12.0 Å². The van der Waals surface area contributed by atoms with Crippen molar-refractivity contribution < 1.29 is 14.7 Å². The quantitative estimate of drug-likeness (QED) is 0.771. The second-order valence-corrected chi connectivity index (χ2v) is 4.83. The lowest BCUT2D eigenvalue weighted by Crippen LogP contribution is -2.34. The Morgan fingerprint density at radius 3 is 2.11 bits per heavy atom. The van der Waals surface area contributed by atoms with Gasteiger partial charge in [-0.2, -0.15) is 0 Å². The third-order valence-corrected chi connectivity index (χ3v) is 3.35. The number of carboxylic acid groups (broad SMARTS) is 1. The molecule has 0 aliphatic rings. The molecule has 0 aromatic heterocycles. The average molecular weight is 264 g/mol. The van der Waals surface area contributed by atoms with Crippen LogP contribution in [-0.2, 0) is 9.59 Å². The highest BCUT2D eigenvalue weighted by molar-refractivity contribution is 5.95. The van der Waals surface area contributed by atoms with Crippen LogP contribution >= 0.6 is 0 Å². The number of carbonyl (C=O) groups is 2. The van der Waals surface area contributed by atoms with Crippen LogP contribution in [0.3, 0.4) is 0 Å². The fourth-order valence-corrected chi connectivity index (χ4v) is 1.88. The molecule has 0 spiro atoms. The first-order chi connectivity index (χ1) is 8.73. The first kappa shape index (κ1) is 15.2. The number of carboxylic acids is 1. The molecule has 1 aromatic carbocycles. The molecular formula is C14H20N2O3. The minimum Gasteiger partial charge on any atom is -0.480 e. The lowest BCUT2D eigenvalue weighted by Gasteiger charge is -2.16. The summed E-state index contributed by atoms with van der Waals surface area (Å²) in [6.45, 7) is 7.80. The Balaban J connectivity index is 2.94. The number of nitrogens with two attached hydrogens (primary N) is 1. The minimum atomic E-state index is -1.18. The lowest BCUT2D eigenvalue weighted by atomic mass is 9.98. The van der Waals surface area contributed by atoms with E-state index in [0.717, 1.165) is 27.9 Å². The van der Waals surface area contributed by atoms with Crippen LogP contribution in [0.2, 0.25) is 0 Å². The SMILES string of the molecule is Cc1cc(C)c(C)c(NC(=O)CC(N)C(=O)O)c1C. The second kappa shape index (κ2) is 5.84. The number of rotatable bonds is 4. The van der Waals surface area contributed by atoms with Crippen molar-refractivity contribution in [2.24, 2.45) is 5.73 Å². The molecule has 0 fully saturated rings. The summed E-state index contributed by atoms with van der Waals surface area (Å²) in [7, 11) is 0. The number of hydrogen-bond donors (Lipinski definition) is 3. The standard InChI is InChI=1S/C14H20N2O3/c1-7-5-8(2)10(4)13(9(7)3)16-12(17)6-11(15)14(18)19/h5,11H,6,15H2,1-4H3,(H,16,17)(H,18,19). The van der Waals surface area contributed by atoms with Gasteiger partial charge in [0.1, 0.15) is 6.04 Å². The number of aryl methyl sites for hydroxylation is 2. The van der Waals surface area contributed by atoms with E-state index in [2.05, 4.69) is 11.4 Å². The predicted octanol–water partition coefficient (Wildman–Crippen LogP) is 1.66. The molecule has 5 nitrogen and oxygen atoms in total. The molecule has 0 radical (unpaired) electrons. The fraction of sp³-hybridized carbons (Fsp3) is 0.429. The van der Waals surface area contributed by atoms with E-state index in [9.17, 15) is 9.59 Å². The second-order valence-electron chi connectivity index (χ2n) is 4.83. The average Bonchev–Trinajstić information content (AvgIpc) is 2.32. The Morgan fingerprint density at radius 1 is 1.21 bits per heavy atom. The molecule has 0 heterocycles. The van der Waals surface area contributed by atoms with E-state index in [1.54, 1.807) is 0 Å². The number of hydrogen-bond acceptors (Lipinski definition) is 3. The monoisotopic (exact) mass is 264 g/mol. The summed E-state index contributed by atoms with van der Waals surface area (Å²) < 4.78 is 0. The van der Waals surface area contributed by atoms with Crippen LogP contribution in [0.5, 0.6) is 0 Å². The van der Waals surface area contributed by atoms with Crippen LogP contribution in [0.1, 0.15) is 28.7 Å². The molecule has 19 heavy (non-hydrogen) atoms. The summed E-state index contributed by atoms with van der Waals surface area (Å²) in [5.74, 6) is -1.56. The molecular weight excluding hydrogens is 244 g/mol. The smallest absolute Gasteiger partial charge is 0.321 e. The number of nitrogens with one attached hydrogen (secondary N) is 1. The Bertz CT molecular complexity index is 498. The maximum Gasteiger partial charge on any atom is 0.321 e. The summed E-state index contributed by atoms with van der Waals surface area (Å²) in [5.41, 5.74) is 10.2. The molecule has 1 atom stereocenters. The van der Waals surface area contributed by atoms with Gasteiger partial charge in [0.2, 0.25) is 5.91 Å². The number of benzene rings is 1. The van der Waals surface area contributed by atoms with Crippen molar-refractivity contribution in [3.05, 3.63) is 28.3 Å². The van der Waals surface area contributed by atoms with Crippen molar-refractivity contribution in [2.45, 2.75) is 40.2 Å². The van der Waals surface area contributed by atoms with Gasteiger partial charge in [0.05, 0.1) is 6.42 Å². The first-order valence-electron chi connectivity index (χ1n) is 6.09. The Hall–Kier alpha value is -1.88. The molecule has 0 saturated carbocycles. The number of aliphatic carboxylic acids is 1. The molecule has 4 N–H and O–H groups in total. The number of anilines is 1. The molecule has 0 bridgehead atoms. The molecule has 0 saturated heterocycles. The Morgan fingerprint density at radius 2 is 1.68 bits per heavy atom. The van der Waals surface area contributed by atoms with E-state index in [-0.39, 0.29) is 12.3 Å². The van der Waals surface area contributed by atoms with Crippen molar-refractivity contribution in [1.82, 2.24) is 0 Å². The third kappa shape index (κ3) is 3.54. The number of amides is 1. The third-order valence-electron chi connectivity index (χ3n) is 3.35. The summed E-state index contributed by atoms with van der Waals surface area (Å²) >= 11 is 0. The fourth-order valence-electron chi connectivity index (χ4n) is 1.88. The van der Waals surface area contributed by atoms with Crippen LogP contribution in [0.4, 0.5) is 5.69 Å². The zero-order valence-electron chi connectivity index (χ0n) is 11.7. The van der Waals surface area contributed by atoms with Gasteiger partial charge in [-0.3, -0.25) is 9.59 Å². The van der Waals surface area contributed by atoms with E-state index in [4.69, 9.17) is 10.8 Å². The topological polar surface area (TPSA) is 92.4 Å². The van der Waals surface area contributed by atoms with Gasteiger partial charge >= 0.3 is 5.97 Å². The summed E-state index contributed by atoms with van der Waals surface area (Å²) in [6.07, 6.45) is -0.235. The van der Waals surface area contributed by atoms with Crippen molar-refractivity contribution >= 4 is 17.6 Å². The predicted molar refractivity (Wildman–Crippen MR) is 74.2 cm³/mol. The van der Waals surface area contributed by atoms with Crippen LogP contribution in [0.15, 0.2) is 6.07 Å². The van der Waals surface area contributed by atoms with E-state index in [1.165, 1.54) is 0 Å². The van der Waals surface area contributed by atoms with Crippen LogP contribution < -0.4 is 11.1 Å². The summed E-state index contributed by atoms with van der Waals surface area (Å²) in [5, 5.41) is 11.5. The maximum atomic E-state index is 11.8. The lowest BCUT2D eigenvalue weighted by molar-refractivity contribution is -0.140. The van der Waals surface area contributed by atoms with Gasteiger partial charge in [-0.15, -0.1) is 0 Å². The Labute approximate surface area is 112 Å². The van der Waals surface area contributed by atoms with Gasteiger partial charge in [0, 0.05) is 5.69 Å². The zero-order chi connectivity index (χ0) is 14.7.